The van der Waals surface area contributed by atoms with E-state index in [1.807, 2.05) is 18.2 Å². The zero-order valence-corrected chi connectivity index (χ0v) is 19.6. The minimum atomic E-state index is -1.91. The average Bonchev–Trinajstić information content (AvgIpc) is 3.16. The van der Waals surface area contributed by atoms with Crippen LogP contribution >= 0.6 is 0 Å². The number of pyridine rings is 1. The molecule has 0 N–H and O–H groups in total. The summed E-state index contributed by atoms with van der Waals surface area (Å²) in [5.74, 6) is -0.250. The normalized spacial score (nSPS) is 17.1. The van der Waals surface area contributed by atoms with E-state index in [1.54, 1.807) is 6.07 Å². The lowest BCUT2D eigenvalue weighted by Crippen LogP contribution is -2.51. The molecule has 0 spiro atoms. The van der Waals surface area contributed by atoms with Gasteiger partial charge in [-0.15, -0.1) is 0 Å². The van der Waals surface area contributed by atoms with Crippen LogP contribution in [0.3, 0.4) is 0 Å². The molecule has 1 saturated heterocycles. The van der Waals surface area contributed by atoms with Gasteiger partial charge < -0.3 is 9.30 Å². The summed E-state index contributed by atoms with van der Waals surface area (Å²) in [6.07, 6.45) is 3.18. The molecule has 1 aliphatic heterocycles. The predicted octanol–water partition coefficient (Wildman–Crippen LogP) is 6.13. The molecule has 0 radical (unpaired) electrons. The van der Waals surface area contributed by atoms with Gasteiger partial charge in [-0.2, -0.15) is 5.26 Å². The van der Waals surface area contributed by atoms with Crippen LogP contribution in [-0.4, -0.2) is 24.2 Å². The molecule has 4 nitrogen and oxygen atoms in total. The molecule has 1 atom stereocenters. The number of aromatic nitrogens is 2. The van der Waals surface area contributed by atoms with E-state index in [0.717, 1.165) is 66.2 Å². The number of nitrogens with zero attached hydrogens (tertiary/aromatic N) is 3. The topological polar surface area (TPSA) is 50.8 Å². The van der Waals surface area contributed by atoms with Crippen molar-refractivity contribution >= 4 is 24.4 Å². The van der Waals surface area contributed by atoms with Gasteiger partial charge in [0, 0.05) is 17.5 Å². The molecule has 0 amide bonds. The van der Waals surface area contributed by atoms with Gasteiger partial charge >= 0.3 is 0 Å². The Labute approximate surface area is 184 Å². The molecule has 2 aromatic heterocycles. The fourth-order valence-electron chi connectivity index (χ4n) is 5.13. The molecular weight excluding hydrogens is 405 g/mol. The molecule has 0 saturated carbocycles. The van der Waals surface area contributed by atoms with Crippen molar-refractivity contribution in [3.05, 3.63) is 47.9 Å². The van der Waals surface area contributed by atoms with Crippen LogP contribution in [0.5, 0.6) is 0 Å². The van der Waals surface area contributed by atoms with Crippen LogP contribution in [0.2, 0.25) is 18.1 Å². The second-order valence-corrected chi connectivity index (χ2v) is 13.6. The fourth-order valence-corrected chi connectivity index (χ4v) is 9.21. The number of ether oxygens (including phenoxy) is 1. The van der Waals surface area contributed by atoms with Crippen LogP contribution in [0.4, 0.5) is 4.39 Å². The number of hydrogen-bond donors (Lipinski definition) is 0. The Bertz CT molecular complexity index is 1100. The highest BCUT2D eigenvalue weighted by molar-refractivity contribution is 6.92. The van der Waals surface area contributed by atoms with E-state index in [1.165, 1.54) is 17.4 Å². The van der Waals surface area contributed by atoms with Crippen LogP contribution < -0.4 is 5.32 Å². The zero-order valence-electron chi connectivity index (χ0n) is 18.6. The minimum absolute atomic E-state index is 0.0216. The first-order valence-corrected chi connectivity index (χ1v) is 14.0. The number of rotatable bonds is 6. The van der Waals surface area contributed by atoms with Gasteiger partial charge in [-0.3, -0.25) is 0 Å². The Hall–Kier alpha value is -2.49. The number of benzene rings is 1. The van der Waals surface area contributed by atoms with Gasteiger partial charge in [-0.05, 0) is 49.1 Å². The second kappa shape index (κ2) is 8.94. The predicted molar refractivity (Wildman–Crippen MR) is 126 cm³/mol. The van der Waals surface area contributed by atoms with Crippen molar-refractivity contribution in [2.75, 3.05) is 6.61 Å². The second-order valence-electron chi connectivity index (χ2n) is 8.44. The SMILES string of the molecule is CC[Si](CC)(CC)c1c(-c2ccc(F)cc2)c2nc(C#N)ccc2n1C1CCCCO1. The lowest BCUT2D eigenvalue weighted by molar-refractivity contribution is -0.0275. The Morgan fingerprint density at radius 1 is 1.10 bits per heavy atom. The summed E-state index contributed by atoms with van der Waals surface area (Å²) in [5.41, 5.74) is 4.29. The molecule has 3 heterocycles. The molecule has 0 bridgehead atoms. The van der Waals surface area contributed by atoms with Crippen molar-refractivity contribution in [3.8, 4) is 17.2 Å². The van der Waals surface area contributed by atoms with Crippen molar-refractivity contribution in [2.45, 2.75) is 64.4 Å². The third-order valence-corrected chi connectivity index (χ3v) is 12.6. The Kier molecular flexibility index (Phi) is 6.26. The van der Waals surface area contributed by atoms with Gasteiger partial charge in [0.1, 0.15) is 31.9 Å². The number of hydrogen-bond acceptors (Lipinski definition) is 3. The van der Waals surface area contributed by atoms with E-state index in [9.17, 15) is 9.65 Å². The average molecular weight is 436 g/mol. The Balaban J connectivity index is 2.14. The van der Waals surface area contributed by atoms with E-state index in [-0.39, 0.29) is 12.0 Å². The Morgan fingerprint density at radius 2 is 1.81 bits per heavy atom. The lowest BCUT2D eigenvalue weighted by atomic mass is 10.1. The molecular formula is C25H30FN3OSi. The van der Waals surface area contributed by atoms with E-state index in [4.69, 9.17) is 9.72 Å². The van der Waals surface area contributed by atoms with Gasteiger partial charge in [-0.1, -0.05) is 51.0 Å². The molecule has 0 aliphatic carbocycles. The summed E-state index contributed by atoms with van der Waals surface area (Å²) in [6.45, 7) is 7.65. The summed E-state index contributed by atoms with van der Waals surface area (Å²) in [7, 11) is -1.91. The number of fused-ring (bicyclic) bond motifs is 1. The van der Waals surface area contributed by atoms with Crippen LogP contribution in [-0.2, 0) is 4.74 Å². The first-order chi connectivity index (χ1) is 15.1. The molecule has 6 heteroatoms. The van der Waals surface area contributed by atoms with Crippen molar-refractivity contribution in [1.29, 1.82) is 5.26 Å². The summed E-state index contributed by atoms with van der Waals surface area (Å²) in [6, 6.07) is 16.1. The molecule has 162 valence electrons. The lowest BCUT2D eigenvalue weighted by Gasteiger charge is -2.35. The van der Waals surface area contributed by atoms with E-state index in [2.05, 4.69) is 31.4 Å². The van der Waals surface area contributed by atoms with Gasteiger partial charge in [0.25, 0.3) is 0 Å². The first-order valence-electron chi connectivity index (χ1n) is 11.4. The molecule has 1 aromatic carbocycles. The number of halogens is 1. The van der Waals surface area contributed by atoms with Gasteiger partial charge in [0.2, 0.25) is 0 Å². The van der Waals surface area contributed by atoms with Crippen LogP contribution in [0.15, 0.2) is 36.4 Å². The molecule has 4 rings (SSSR count). The van der Waals surface area contributed by atoms with E-state index < -0.39 is 8.07 Å². The Morgan fingerprint density at radius 3 is 2.39 bits per heavy atom. The summed E-state index contributed by atoms with van der Waals surface area (Å²) >= 11 is 0. The van der Waals surface area contributed by atoms with Crippen molar-refractivity contribution < 1.29 is 9.13 Å². The summed E-state index contributed by atoms with van der Waals surface area (Å²) < 4.78 is 22.5. The quantitative estimate of drug-likeness (QED) is 0.438. The highest BCUT2D eigenvalue weighted by Crippen LogP contribution is 2.37. The standard InChI is InChI=1S/C25H30FN3OSi/c1-4-31(5-2,6-3)25-23(18-10-12-19(26)13-11-18)24-21(15-14-20(17-27)28-24)29(25)22-9-7-8-16-30-22/h10-15,22H,4-9,16H2,1-3H3. The molecule has 3 aromatic rings. The van der Waals surface area contributed by atoms with Crippen molar-refractivity contribution in [3.63, 3.8) is 0 Å². The maximum Gasteiger partial charge on any atom is 0.141 e. The first kappa shape index (κ1) is 21.7. The summed E-state index contributed by atoms with van der Waals surface area (Å²) in [4.78, 5) is 4.78. The highest BCUT2D eigenvalue weighted by atomic mass is 28.3. The fraction of sp³-hybridized carbons (Fsp3) is 0.440. The maximum atomic E-state index is 13.8. The molecule has 1 unspecified atom stereocenters. The smallest absolute Gasteiger partial charge is 0.141 e. The van der Waals surface area contributed by atoms with Gasteiger partial charge in [0.05, 0.1) is 11.0 Å². The van der Waals surface area contributed by atoms with E-state index in [0.29, 0.717) is 5.69 Å². The van der Waals surface area contributed by atoms with Crippen LogP contribution in [0, 0.1) is 17.1 Å². The van der Waals surface area contributed by atoms with E-state index >= 15 is 0 Å². The monoisotopic (exact) mass is 435 g/mol. The third-order valence-electron chi connectivity index (χ3n) is 7.07. The van der Waals surface area contributed by atoms with Crippen molar-refractivity contribution in [2.24, 2.45) is 0 Å². The molecule has 31 heavy (non-hydrogen) atoms. The maximum absolute atomic E-state index is 13.8. The number of nitriles is 1. The largest absolute Gasteiger partial charge is 0.358 e. The van der Waals surface area contributed by atoms with Gasteiger partial charge in [0.15, 0.2) is 0 Å². The van der Waals surface area contributed by atoms with Gasteiger partial charge in [-0.25, -0.2) is 9.37 Å². The third kappa shape index (κ3) is 3.70. The highest BCUT2D eigenvalue weighted by Gasteiger charge is 2.39. The molecule has 1 fully saturated rings. The molecule has 1 aliphatic rings. The minimum Gasteiger partial charge on any atom is -0.358 e. The van der Waals surface area contributed by atoms with Crippen LogP contribution in [0.1, 0.15) is 52.0 Å². The summed E-state index contributed by atoms with van der Waals surface area (Å²) in [5, 5.41) is 10.9. The van der Waals surface area contributed by atoms with Crippen LogP contribution in [0.25, 0.3) is 22.2 Å². The van der Waals surface area contributed by atoms with Crippen molar-refractivity contribution in [1.82, 2.24) is 9.55 Å². The zero-order chi connectivity index (χ0) is 22.0.